The molecule has 0 aliphatic heterocycles. The van der Waals surface area contributed by atoms with Gasteiger partial charge in [-0.25, -0.2) is 4.98 Å². The largest absolute Gasteiger partial charge is 0.328 e. The quantitative estimate of drug-likeness (QED) is 0.487. The first-order valence-corrected chi connectivity index (χ1v) is 8.89. The van der Waals surface area contributed by atoms with E-state index in [1.165, 1.54) is 0 Å². The van der Waals surface area contributed by atoms with Crippen molar-refractivity contribution in [2.75, 3.05) is 6.26 Å². The van der Waals surface area contributed by atoms with Crippen molar-refractivity contribution in [1.82, 2.24) is 9.55 Å². The summed E-state index contributed by atoms with van der Waals surface area (Å²) in [5.41, 5.74) is 4.41. The average molecular weight is 329 g/mol. The van der Waals surface area contributed by atoms with Crippen molar-refractivity contribution in [2.24, 2.45) is 7.05 Å². The molecule has 4 rings (SSSR count). The van der Waals surface area contributed by atoms with Crippen LogP contribution in [0.15, 0.2) is 59.5 Å². The molecule has 2 aromatic heterocycles. The molecule has 24 heavy (non-hydrogen) atoms. The Hall–Kier alpha value is -2.77. The number of para-hydroxylation sites is 1. The normalized spacial score (nSPS) is 11.0. The van der Waals surface area contributed by atoms with Crippen LogP contribution in [0, 0.1) is 11.3 Å². The van der Waals surface area contributed by atoms with E-state index >= 15 is 0 Å². The summed E-state index contributed by atoms with van der Waals surface area (Å²) in [7, 11) is 2.03. The standard InChI is InChI=1S/C20H15N3S/c1-23-16-11-7-6-10-14(16)17-19(24-2)15(12-21)18(22-20(17)23)13-8-4-3-5-9-13/h3-11H,1-2H3. The Morgan fingerprint density at radius 1 is 1.04 bits per heavy atom. The maximum absolute atomic E-state index is 9.82. The van der Waals surface area contributed by atoms with Gasteiger partial charge in [-0.15, -0.1) is 11.8 Å². The molecule has 0 unspecified atom stereocenters. The van der Waals surface area contributed by atoms with Gasteiger partial charge in [0.15, 0.2) is 0 Å². The van der Waals surface area contributed by atoms with E-state index in [1.807, 2.05) is 55.8 Å². The van der Waals surface area contributed by atoms with Crippen LogP contribution in [0.2, 0.25) is 0 Å². The third-order valence-corrected chi connectivity index (χ3v) is 5.16. The van der Waals surface area contributed by atoms with Crippen molar-refractivity contribution in [3.8, 4) is 17.3 Å². The molecule has 4 aromatic rings. The van der Waals surface area contributed by atoms with Crippen LogP contribution in [0.5, 0.6) is 0 Å². The van der Waals surface area contributed by atoms with Gasteiger partial charge in [-0.05, 0) is 12.3 Å². The molecule has 0 saturated heterocycles. The van der Waals surface area contributed by atoms with E-state index in [1.54, 1.807) is 11.8 Å². The van der Waals surface area contributed by atoms with Gasteiger partial charge >= 0.3 is 0 Å². The number of hydrogen-bond donors (Lipinski definition) is 0. The van der Waals surface area contributed by atoms with Crippen molar-refractivity contribution < 1.29 is 0 Å². The van der Waals surface area contributed by atoms with E-state index in [0.717, 1.165) is 38.1 Å². The zero-order valence-corrected chi connectivity index (χ0v) is 14.3. The first kappa shape index (κ1) is 14.8. The molecule has 0 radical (unpaired) electrons. The van der Waals surface area contributed by atoms with Gasteiger partial charge in [0.05, 0.1) is 16.8 Å². The second kappa shape index (κ2) is 5.70. The van der Waals surface area contributed by atoms with Crippen LogP contribution in [-0.4, -0.2) is 15.8 Å². The van der Waals surface area contributed by atoms with E-state index in [4.69, 9.17) is 4.98 Å². The molecule has 0 atom stereocenters. The molecule has 0 spiro atoms. The molecule has 0 fully saturated rings. The Morgan fingerprint density at radius 3 is 2.46 bits per heavy atom. The molecule has 116 valence electrons. The minimum Gasteiger partial charge on any atom is -0.328 e. The summed E-state index contributed by atoms with van der Waals surface area (Å²) >= 11 is 1.61. The van der Waals surface area contributed by atoms with Crippen LogP contribution in [0.4, 0.5) is 0 Å². The molecular weight excluding hydrogens is 314 g/mol. The zero-order chi connectivity index (χ0) is 16.7. The van der Waals surface area contributed by atoms with Gasteiger partial charge in [-0.1, -0.05) is 48.5 Å². The Bertz CT molecular complexity index is 1100. The summed E-state index contributed by atoms with van der Waals surface area (Å²) in [6, 6.07) is 20.6. The summed E-state index contributed by atoms with van der Waals surface area (Å²) in [6.45, 7) is 0. The summed E-state index contributed by atoms with van der Waals surface area (Å²) in [6.07, 6.45) is 2.02. The van der Waals surface area contributed by atoms with Crippen LogP contribution in [0.1, 0.15) is 5.56 Å². The molecule has 0 bridgehead atoms. The van der Waals surface area contributed by atoms with Crippen molar-refractivity contribution in [3.05, 3.63) is 60.2 Å². The molecular formula is C20H15N3S. The van der Waals surface area contributed by atoms with Crippen LogP contribution in [-0.2, 0) is 7.05 Å². The first-order valence-electron chi connectivity index (χ1n) is 7.67. The van der Waals surface area contributed by atoms with Gasteiger partial charge in [0.2, 0.25) is 0 Å². The SMILES string of the molecule is CSc1c(C#N)c(-c2ccccc2)nc2c1c1ccccc1n2C. The van der Waals surface area contributed by atoms with Gasteiger partial charge < -0.3 is 4.57 Å². The highest BCUT2D eigenvalue weighted by atomic mass is 32.2. The van der Waals surface area contributed by atoms with E-state index < -0.39 is 0 Å². The number of pyridine rings is 1. The summed E-state index contributed by atoms with van der Waals surface area (Å²) < 4.78 is 2.11. The smallest absolute Gasteiger partial charge is 0.142 e. The first-order chi connectivity index (χ1) is 11.8. The van der Waals surface area contributed by atoms with Gasteiger partial charge in [-0.3, -0.25) is 0 Å². The number of benzene rings is 2. The lowest BCUT2D eigenvalue weighted by Crippen LogP contribution is -1.97. The number of nitriles is 1. The average Bonchev–Trinajstić information content (AvgIpc) is 2.93. The Balaban J connectivity index is 2.23. The third kappa shape index (κ3) is 2.02. The number of rotatable bonds is 2. The monoisotopic (exact) mass is 329 g/mol. The molecule has 2 heterocycles. The van der Waals surface area contributed by atoms with E-state index in [9.17, 15) is 5.26 Å². The van der Waals surface area contributed by atoms with Crippen molar-refractivity contribution >= 4 is 33.7 Å². The fraction of sp³-hybridized carbons (Fsp3) is 0.100. The molecule has 0 N–H and O–H groups in total. The van der Waals surface area contributed by atoms with Crippen molar-refractivity contribution in [2.45, 2.75) is 4.90 Å². The summed E-state index contributed by atoms with van der Waals surface area (Å²) in [5.74, 6) is 0. The Labute approximate surface area is 144 Å². The molecule has 0 amide bonds. The molecule has 0 saturated carbocycles. The van der Waals surface area contributed by atoms with E-state index in [-0.39, 0.29) is 0 Å². The Kier molecular flexibility index (Phi) is 3.51. The molecule has 2 aromatic carbocycles. The molecule has 0 aliphatic rings. The maximum atomic E-state index is 9.82. The van der Waals surface area contributed by atoms with Crippen LogP contribution in [0.25, 0.3) is 33.2 Å². The van der Waals surface area contributed by atoms with Crippen LogP contribution < -0.4 is 0 Å². The van der Waals surface area contributed by atoms with Gasteiger partial charge in [0.25, 0.3) is 0 Å². The van der Waals surface area contributed by atoms with Crippen molar-refractivity contribution in [1.29, 1.82) is 5.26 Å². The predicted octanol–water partition coefficient (Wildman–Crippen LogP) is 4.99. The predicted molar refractivity (Wildman–Crippen MR) is 100 cm³/mol. The number of thioether (sulfide) groups is 1. The van der Waals surface area contributed by atoms with Crippen molar-refractivity contribution in [3.63, 3.8) is 0 Å². The number of aryl methyl sites for hydroxylation is 1. The van der Waals surface area contributed by atoms with Gasteiger partial charge in [-0.2, -0.15) is 5.26 Å². The van der Waals surface area contributed by atoms with E-state index in [2.05, 4.69) is 22.8 Å². The minimum atomic E-state index is 0.651. The lowest BCUT2D eigenvalue weighted by atomic mass is 10.0. The number of aromatic nitrogens is 2. The second-order valence-corrected chi connectivity index (χ2v) is 6.44. The lowest BCUT2D eigenvalue weighted by Gasteiger charge is -2.10. The number of hydrogen-bond acceptors (Lipinski definition) is 3. The van der Waals surface area contributed by atoms with Gasteiger partial charge in [0, 0.05) is 28.3 Å². The van der Waals surface area contributed by atoms with E-state index in [0.29, 0.717) is 5.56 Å². The number of nitrogens with zero attached hydrogens (tertiary/aromatic N) is 3. The lowest BCUT2D eigenvalue weighted by molar-refractivity contribution is 0.988. The fourth-order valence-corrected chi connectivity index (χ4v) is 3.99. The highest BCUT2D eigenvalue weighted by Crippen LogP contribution is 2.39. The fourth-order valence-electron chi connectivity index (χ4n) is 3.24. The van der Waals surface area contributed by atoms with Gasteiger partial charge in [0.1, 0.15) is 11.7 Å². The number of fused-ring (bicyclic) bond motifs is 3. The molecule has 0 aliphatic carbocycles. The highest BCUT2D eigenvalue weighted by Gasteiger charge is 2.20. The zero-order valence-electron chi connectivity index (χ0n) is 13.4. The molecule has 4 heteroatoms. The topological polar surface area (TPSA) is 41.6 Å². The highest BCUT2D eigenvalue weighted by molar-refractivity contribution is 7.99. The second-order valence-electron chi connectivity index (χ2n) is 5.62. The summed E-state index contributed by atoms with van der Waals surface area (Å²) in [5, 5.41) is 12.0. The minimum absolute atomic E-state index is 0.651. The summed E-state index contributed by atoms with van der Waals surface area (Å²) in [4.78, 5) is 5.89. The third-order valence-electron chi connectivity index (χ3n) is 4.35. The maximum Gasteiger partial charge on any atom is 0.142 e. The van der Waals surface area contributed by atoms with Crippen LogP contribution >= 0.6 is 11.8 Å². The molecule has 3 nitrogen and oxygen atoms in total. The van der Waals surface area contributed by atoms with Crippen LogP contribution in [0.3, 0.4) is 0 Å². The Morgan fingerprint density at radius 2 is 1.75 bits per heavy atom.